The van der Waals surface area contributed by atoms with Crippen molar-refractivity contribution < 1.29 is 19.2 Å². The zero-order chi connectivity index (χ0) is 18.7. The van der Waals surface area contributed by atoms with Crippen molar-refractivity contribution in [2.24, 2.45) is 0 Å². The van der Waals surface area contributed by atoms with Gasteiger partial charge in [-0.25, -0.2) is 4.79 Å². The number of carbonyl (C=O) groups excluding carboxylic acids is 1. The summed E-state index contributed by atoms with van der Waals surface area (Å²) in [5.74, 6) is -0.188. The smallest absolute Gasteiger partial charge is 0.345 e. The maximum Gasteiger partial charge on any atom is 0.345 e. The quantitative estimate of drug-likeness (QED) is 0.362. The molecule has 1 aliphatic rings. The maximum absolute atomic E-state index is 12.8. The number of nitro groups is 1. The molecule has 1 heterocycles. The van der Waals surface area contributed by atoms with Crippen LogP contribution in [0.4, 0.5) is 11.4 Å². The zero-order valence-electron chi connectivity index (χ0n) is 14.7. The highest BCUT2D eigenvalue weighted by Crippen LogP contribution is 2.28. The Balaban J connectivity index is 1.95. The molecule has 1 aliphatic heterocycles. The van der Waals surface area contributed by atoms with Crippen molar-refractivity contribution in [1.29, 1.82) is 0 Å². The number of nitrogens with zero attached hydrogens (tertiary/aromatic N) is 2. The molecule has 0 bridgehead atoms. The van der Waals surface area contributed by atoms with Gasteiger partial charge in [-0.05, 0) is 43.2 Å². The molecule has 0 spiro atoms. The molecule has 2 aromatic carbocycles. The number of ether oxygens (including phenoxy) is 2. The molecule has 1 fully saturated rings. The van der Waals surface area contributed by atoms with E-state index < -0.39 is 10.9 Å². The summed E-state index contributed by atoms with van der Waals surface area (Å²) in [6.07, 6.45) is 0. The zero-order valence-corrected chi connectivity index (χ0v) is 14.7. The van der Waals surface area contributed by atoms with E-state index in [9.17, 15) is 14.9 Å². The Kier molecular flexibility index (Phi) is 5.18. The van der Waals surface area contributed by atoms with Gasteiger partial charge < -0.3 is 14.4 Å². The first-order valence-corrected chi connectivity index (χ1v) is 8.35. The van der Waals surface area contributed by atoms with E-state index in [1.165, 1.54) is 12.1 Å². The number of benzene rings is 2. The Labute approximate surface area is 151 Å². The van der Waals surface area contributed by atoms with Gasteiger partial charge in [-0.3, -0.25) is 10.1 Å². The molecule has 0 N–H and O–H groups in total. The second kappa shape index (κ2) is 7.53. The highest BCUT2D eigenvalue weighted by atomic mass is 16.6. The van der Waals surface area contributed by atoms with Crippen LogP contribution in [0.5, 0.6) is 5.75 Å². The van der Waals surface area contributed by atoms with Gasteiger partial charge in [0.05, 0.1) is 29.4 Å². The minimum absolute atomic E-state index is 0.144. The summed E-state index contributed by atoms with van der Waals surface area (Å²) in [5.41, 5.74) is 2.60. The van der Waals surface area contributed by atoms with Crippen molar-refractivity contribution >= 4 is 17.3 Å². The van der Waals surface area contributed by atoms with Crippen LogP contribution in [0.25, 0.3) is 0 Å². The molecule has 0 saturated carbocycles. The molecule has 0 unspecified atom stereocenters. The molecule has 3 rings (SSSR count). The van der Waals surface area contributed by atoms with E-state index in [2.05, 4.69) is 0 Å². The van der Waals surface area contributed by atoms with Crippen LogP contribution in [-0.4, -0.2) is 37.2 Å². The van der Waals surface area contributed by atoms with E-state index >= 15 is 0 Å². The lowest BCUT2D eigenvalue weighted by Crippen LogP contribution is -2.37. The van der Waals surface area contributed by atoms with Crippen LogP contribution in [0.15, 0.2) is 36.4 Å². The van der Waals surface area contributed by atoms with Gasteiger partial charge in [-0.15, -0.1) is 0 Å². The van der Waals surface area contributed by atoms with E-state index in [1.807, 2.05) is 24.8 Å². The average Bonchev–Trinajstić information content (AvgIpc) is 2.61. The van der Waals surface area contributed by atoms with Crippen LogP contribution in [0.3, 0.4) is 0 Å². The number of non-ortho nitro benzene ring substituents is 1. The molecule has 0 atom stereocenters. The van der Waals surface area contributed by atoms with Crippen LogP contribution < -0.4 is 9.64 Å². The fourth-order valence-corrected chi connectivity index (χ4v) is 3.03. The standard InChI is InChI=1S/C19H20N2O5/c1-13-9-14(2)11-16(10-13)26-19(22)17-12-15(21(23)24)3-4-18(17)20-5-7-25-8-6-20/h3-4,9-12H,5-8H2,1-2H3. The number of hydrogen-bond donors (Lipinski definition) is 0. The number of carbonyl (C=O) groups is 1. The first-order valence-electron chi connectivity index (χ1n) is 8.35. The van der Waals surface area contributed by atoms with Gasteiger partial charge in [0, 0.05) is 25.2 Å². The molecule has 0 amide bonds. The highest BCUT2D eigenvalue weighted by Gasteiger charge is 2.23. The predicted molar refractivity (Wildman–Crippen MR) is 97.0 cm³/mol. The number of anilines is 1. The monoisotopic (exact) mass is 356 g/mol. The number of rotatable bonds is 4. The molecular weight excluding hydrogens is 336 g/mol. The maximum atomic E-state index is 12.8. The van der Waals surface area contributed by atoms with Crippen LogP contribution in [0, 0.1) is 24.0 Å². The molecule has 2 aromatic rings. The lowest BCUT2D eigenvalue weighted by atomic mass is 10.1. The summed E-state index contributed by atoms with van der Waals surface area (Å²) < 4.78 is 10.8. The first kappa shape index (κ1) is 17.9. The number of esters is 1. The van der Waals surface area contributed by atoms with Crippen molar-refractivity contribution in [3.05, 3.63) is 63.2 Å². The largest absolute Gasteiger partial charge is 0.423 e. The Bertz CT molecular complexity index is 824. The molecule has 7 heteroatoms. The molecule has 0 aliphatic carbocycles. The Morgan fingerprint density at radius 2 is 1.77 bits per heavy atom. The van der Waals surface area contributed by atoms with Gasteiger partial charge in [0.1, 0.15) is 5.75 Å². The van der Waals surface area contributed by atoms with Gasteiger partial charge in [0.2, 0.25) is 0 Å². The summed E-state index contributed by atoms with van der Waals surface area (Å²) >= 11 is 0. The van der Waals surface area contributed by atoms with Crippen molar-refractivity contribution in [3.8, 4) is 5.75 Å². The molecule has 0 aromatic heterocycles. The van der Waals surface area contributed by atoms with E-state index in [1.54, 1.807) is 18.2 Å². The second-order valence-corrected chi connectivity index (χ2v) is 6.27. The molecule has 26 heavy (non-hydrogen) atoms. The number of nitro benzene ring substituents is 1. The summed E-state index contributed by atoms with van der Waals surface area (Å²) in [5, 5.41) is 11.1. The van der Waals surface area contributed by atoms with E-state index in [4.69, 9.17) is 9.47 Å². The predicted octanol–water partition coefficient (Wildman–Crippen LogP) is 3.27. The van der Waals surface area contributed by atoms with Gasteiger partial charge >= 0.3 is 5.97 Å². The molecule has 0 radical (unpaired) electrons. The van der Waals surface area contributed by atoms with Gasteiger partial charge in [-0.2, -0.15) is 0 Å². The summed E-state index contributed by atoms with van der Waals surface area (Å²) in [7, 11) is 0. The minimum atomic E-state index is -0.611. The van der Waals surface area contributed by atoms with Crippen molar-refractivity contribution in [3.63, 3.8) is 0 Å². The lowest BCUT2D eigenvalue weighted by Gasteiger charge is -2.30. The number of aryl methyl sites for hydroxylation is 2. The summed E-state index contributed by atoms with van der Waals surface area (Å²) in [6, 6.07) is 9.77. The third-order valence-electron chi connectivity index (χ3n) is 4.17. The van der Waals surface area contributed by atoms with Crippen molar-refractivity contribution in [1.82, 2.24) is 0 Å². The summed E-state index contributed by atoms with van der Waals surface area (Å²) in [4.78, 5) is 25.4. The van der Waals surface area contributed by atoms with Gasteiger partial charge in [-0.1, -0.05) is 6.07 Å². The normalized spacial score (nSPS) is 14.2. The number of morpholine rings is 1. The SMILES string of the molecule is Cc1cc(C)cc(OC(=O)c2cc([N+](=O)[O-])ccc2N2CCOCC2)c1. The third kappa shape index (κ3) is 4.00. The second-order valence-electron chi connectivity index (χ2n) is 6.27. The Morgan fingerprint density at radius 3 is 2.38 bits per heavy atom. The van der Waals surface area contributed by atoms with Crippen LogP contribution in [-0.2, 0) is 4.74 Å². The fraction of sp³-hybridized carbons (Fsp3) is 0.316. The van der Waals surface area contributed by atoms with Crippen LogP contribution in [0.1, 0.15) is 21.5 Å². The van der Waals surface area contributed by atoms with Gasteiger partial charge in [0.25, 0.3) is 5.69 Å². The van der Waals surface area contributed by atoms with Gasteiger partial charge in [0.15, 0.2) is 0 Å². The third-order valence-corrected chi connectivity index (χ3v) is 4.17. The molecular formula is C19H20N2O5. The minimum Gasteiger partial charge on any atom is -0.423 e. The number of hydrogen-bond acceptors (Lipinski definition) is 6. The van der Waals surface area contributed by atoms with Crippen LogP contribution >= 0.6 is 0 Å². The molecule has 136 valence electrons. The van der Waals surface area contributed by atoms with E-state index in [0.717, 1.165) is 11.1 Å². The lowest BCUT2D eigenvalue weighted by molar-refractivity contribution is -0.384. The van der Waals surface area contributed by atoms with E-state index in [-0.39, 0.29) is 11.3 Å². The molecule has 7 nitrogen and oxygen atoms in total. The Morgan fingerprint density at radius 1 is 1.12 bits per heavy atom. The average molecular weight is 356 g/mol. The Hall–Kier alpha value is -2.93. The topological polar surface area (TPSA) is 81.9 Å². The molecule has 1 saturated heterocycles. The summed E-state index contributed by atoms with van der Waals surface area (Å²) in [6.45, 7) is 6.14. The van der Waals surface area contributed by atoms with Crippen LogP contribution in [0.2, 0.25) is 0 Å². The highest BCUT2D eigenvalue weighted by molar-refractivity contribution is 5.98. The van der Waals surface area contributed by atoms with Crippen molar-refractivity contribution in [2.45, 2.75) is 13.8 Å². The van der Waals surface area contributed by atoms with Crippen molar-refractivity contribution in [2.75, 3.05) is 31.2 Å². The first-order chi connectivity index (χ1) is 12.4. The fourth-order valence-electron chi connectivity index (χ4n) is 3.03. The van der Waals surface area contributed by atoms with E-state index in [0.29, 0.717) is 37.7 Å².